The van der Waals surface area contributed by atoms with Gasteiger partial charge in [-0.25, -0.2) is 0 Å². The first-order chi connectivity index (χ1) is 20.1. The third-order valence-corrected chi connectivity index (χ3v) is 15.6. The lowest BCUT2D eigenvalue weighted by atomic mass is 9.33. The number of piperazine rings is 1. The first-order valence-corrected chi connectivity index (χ1v) is 18.1. The Labute approximate surface area is 263 Å². The third kappa shape index (κ3) is 4.66. The van der Waals surface area contributed by atoms with Crippen LogP contribution in [0.5, 0.6) is 0 Å². The summed E-state index contributed by atoms with van der Waals surface area (Å²) in [4.78, 5) is 17.0. The summed E-state index contributed by atoms with van der Waals surface area (Å²) in [5.41, 5.74) is 4.26. The van der Waals surface area contributed by atoms with Crippen LogP contribution in [0, 0.1) is 50.7 Å². The highest BCUT2D eigenvalue weighted by atomic mass is 16.5. The van der Waals surface area contributed by atoms with Crippen LogP contribution in [0.25, 0.3) is 0 Å². The summed E-state index contributed by atoms with van der Waals surface area (Å²) >= 11 is 0. The Morgan fingerprint density at radius 3 is 2.23 bits per heavy atom. The van der Waals surface area contributed by atoms with Crippen molar-refractivity contribution in [1.29, 1.82) is 0 Å². The number of hydrogen-bond acceptors (Lipinski definition) is 5. The average molecular weight is 597 g/mol. The van der Waals surface area contributed by atoms with Crippen molar-refractivity contribution in [2.75, 3.05) is 39.8 Å². The molecule has 4 saturated carbocycles. The summed E-state index contributed by atoms with van der Waals surface area (Å²) in [5, 5.41) is 12.2. The number of rotatable bonds is 5. The molecule has 5 fully saturated rings. The molecule has 5 aliphatic carbocycles. The number of hydrogen-bond donors (Lipinski definition) is 1. The number of fused-ring (bicyclic) bond motifs is 7. The molecule has 5 nitrogen and oxygen atoms in total. The fourth-order valence-electron chi connectivity index (χ4n) is 13.1. The van der Waals surface area contributed by atoms with Crippen molar-refractivity contribution in [3.8, 4) is 0 Å². The van der Waals surface area contributed by atoms with Gasteiger partial charge in [-0.3, -0.25) is 9.69 Å². The van der Waals surface area contributed by atoms with E-state index in [4.69, 9.17) is 4.74 Å². The largest absolute Gasteiger partial charge is 0.462 e. The van der Waals surface area contributed by atoms with Crippen molar-refractivity contribution in [2.24, 2.45) is 50.7 Å². The van der Waals surface area contributed by atoms with Crippen molar-refractivity contribution >= 4 is 5.97 Å². The summed E-state index contributed by atoms with van der Waals surface area (Å²) in [6.45, 7) is 24.5. The molecule has 1 aliphatic heterocycles. The van der Waals surface area contributed by atoms with Gasteiger partial charge in [0.25, 0.3) is 0 Å². The Bertz CT molecular complexity index is 1120. The molecule has 0 aromatic carbocycles. The fraction of sp³-hybridized carbons (Fsp3) is 0.921. The maximum Gasteiger partial charge on any atom is 0.302 e. The van der Waals surface area contributed by atoms with Crippen LogP contribution in [0.4, 0.5) is 0 Å². The quantitative estimate of drug-likeness (QED) is 0.266. The second-order valence-electron chi connectivity index (χ2n) is 17.9. The van der Waals surface area contributed by atoms with E-state index in [0.717, 1.165) is 52.0 Å². The van der Waals surface area contributed by atoms with Gasteiger partial charge < -0.3 is 14.7 Å². The number of carbonyl (C=O) groups excluding carboxylic acids is 1. The van der Waals surface area contributed by atoms with Gasteiger partial charge in [-0.15, -0.1) is 0 Å². The lowest BCUT2D eigenvalue weighted by molar-refractivity contribution is -0.234. The molecule has 1 saturated heterocycles. The number of allylic oxidation sites excluding steroid dienone is 1. The number of β-amino-alcohol motifs (C(OH)–C–C–N with tert-alkyl or cyclic N) is 1. The van der Waals surface area contributed by atoms with Crippen LogP contribution in [0.3, 0.4) is 0 Å². The van der Waals surface area contributed by atoms with E-state index in [0.29, 0.717) is 23.7 Å². The lowest BCUT2D eigenvalue weighted by Crippen LogP contribution is -2.66. The van der Waals surface area contributed by atoms with E-state index >= 15 is 0 Å². The molecule has 0 amide bonds. The zero-order valence-electron chi connectivity index (χ0n) is 29.2. The SMILES string of the molecule is CC(=O)O[C@H]1CC[C@@]2(C)C(CC[C@]3(C)[C@@H]2CC[C@@H]2C4=C(C(C)C)CC[C@]4(C(O)CN4CCN(C)CC4)CC[C@]23C)C1(C)C. The van der Waals surface area contributed by atoms with Crippen molar-refractivity contribution in [2.45, 2.75) is 132 Å². The van der Waals surface area contributed by atoms with Gasteiger partial charge in [0.1, 0.15) is 6.10 Å². The van der Waals surface area contributed by atoms with Crippen LogP contribution < -0.4 is 0 Å². The van der Waals surface area contributed by atoms with Crippen LogP contribution in [-0.2, 0) is 9.53 Å². The maximum atomic E-state index is 12.2. The molecule has 5 heteroatoms. The molecule has 2 unspecified atom stereocenters. The zero-order valence-corrected chi connectivity index (χ0v) is 29.2. The zero-order chi connectivity index (χ0) is 31.2. The number of aliphatic hydroxyl groups excluding tert-OH is 1. The lowest BCUT2D eigenvalue weighted by Gasteiger charge is -2.72. The molecule has 0 aromatic heterocycles. The van der Waals surface area contributed by atoms with E-state index in [1.165, 1.54) is 44.9 Å². The molecule has 0 bridgehead atoms. The van der Waals surface area contributed by atoms with Crippen molar-refractivity contribution < 1.29 is 14.6 Å². The number of ether oxygens (including phenoxy) is 1. The van der Waals surface area contributed by atoms with Gasteiger partial charge >= 0.3 is 5.97 Å². The smallest absolute Gasteiger partial charge is 0.302 e. The van der Waals surface area contributed by atoms with Gasteiger partial charge in [0.05, 0.1) is 6.10 Å². The first kappa shape index (κ1) is 32.0. The standard InChI is InChI=1S/C38H64N2O3/c1-25(2)27-12-17-38(31(42)24-40-22-20-39(9)21-23-40)19-18-36(7)28(33(27)38)10-11-30-35(6)15-14-32(43-26(3)41)34(4,5)29(35)13-16-37(30,36)8/h25,28-32,42H,10-24H2,1-9H3/t28-,29?,30-,31?,32+,35+,36-,37-,38-/m1/s1. The Kier molecular flexibility index (Phi) is 8.07. The molecule has 0 radical (unpaired) electrons. The first-order valence-electron chi connectivity index (χ1n) is 18.1. The summed E-state index contributed by atoms with van der Waals surface area (Å²) in [6.07, 6.45) is 11.8. The molecule has 6 rings (SSSR count). The molecule has 9 atom stereocenters. The fourth-order valence-corrected chi connectivity index (χ4v) is 13.1. The topological polar surface area (TPSA) is 53.0 Å². The van der Waals surface area contributed by atoms with E-state index < -0.39 is 0 Å². The maximum absolute atomic E-state index is 12.2. The number of carbonyl (C=O) groups is 1. The van der Waals surface area contributed by atoms with E-state index in [9.17, 15) is 9.90 Å². The Hall–Kier alpha value is -0.910. The van der Waals surface area contributed by atoms with Crippen LogP contribution in [0.1, 0.15) is 120 Å². The summed E-state index contributed by atoms with van der Waals surface area (Å²) < 4.78 is 5.97. The molecule has 1 heterocycles. The summed E-state index contributed by atoms with van der Waals surface area (Å²) in [5.74, 6) is 2.31. The Balaban J connectivity index is 1.32. The van der Waals surface area contributed by atoms with Gasteiger partial charge in [-0.1, -0.05) is 59.6 Å². The Morgan fingerprint density at radius 1 is 0.884 bits per heavy atom. The van der Waals surface area contributed by atoms with Crippen molar-refractivity contribution in [3.63, 3.8) is 0 Å². The third-order valence-electron chi connectivity index (χ3n) is 15.6. The molecule has 1 N–H and O–H groups in total. The molecule has 0 spiro atoms. The number of esters is 1. The van der Waals surface area contributed by atoms with E-state index in [2.05, 4.69) is 65.3 Å². The van der Waals surface area contributed by atoms with Crippen LogP contribution >= 0.6 is 0 Å². The minimum atomic E-state index is -0.261. The predicted molar refractivity (Wildman–Crippen MR) is 175 cm³/mol. The number of nitrogens with zero attached hydrogens (tertiary/aromatic N) is 2. The van der Waals surface area contributed by atoms with E-state index in [1.54, 1.807) is 18.1 Å². The molecule has 0 aromatic rings. The van der Waals surface area contributed by atoms with Gasteiger partial charge in [0.15, 0.2) is 0 Å². The number of likely N-dealkylation sites (N-methyl/N-ethyl adjacent to an activating group) is 1. The van der Waals surface area contributed by atoms with Gasteiger partial charge in [-0.05, 0) is 111 Å². The monoisotopic (exact) mass is 596 g/mol. The molecule has 43 heavy (non-hydrogen) atoms. The minimum absolute atomic E-state index is 0.00559. The normalized spacial score (nSPS) is 45.7. The second-order valence-corrected chi connectivity index (χ2v) is 17.9. The van der Waals surface area contributed by atoms with Crippen LogP contribution in [0.2, 0.25) is 0 Å². The average Bonchev–Trinajstić information content (AvgIpc) is 3.33. The molecule has 244 valence electrons. The van der Waals surface area contributed by atoms with Gasteiger partial charge in [-0.2, -0.15) is 0 Å². The van der Waals surface area contributed by atoms with E-state index in [1.807, 2.05) is 0 Å². The molecular formula is C38H64N2O3. The summed E-state index contributed by atoms with van der Waals surface area (Å²) in [7, 11) is 2.22. The Morgan fingerprint density at radius 2 is 1.58 bits per heavy atom. The van der Waals surface area contributed by atoms with Crippen molar-refractivity contribution in [3.05, 3.63) is 11.1 Å². The van der Waals surface area contributed by atoms with Crippen LogP contribution in [-0.4, -0.2) is 72.9 Å². The molecular weight excluding hydrogens is 532 g/mol. The minimum Gasteiger partial charge on any atom is -0.462 e. The highest BCUT2D eigenvalue weighted by molar-refractivity contribution is 5.66. The second kappa shape index (κ2) is 10.8. The van der Waals surface area contributed by atoms with Crippen molar-refractivity contribution in [1.82, 2.24) is 9.80 Å². The van der Waals surface area contributed by atoms with E-state index in [-0.39, 0.29) is 45.3 Å². The van der Waals surface area contributed by atoms with Gasteiger partial charge in [0.2, 0.25) is 0 Å². The van der Waals surface area contributed by atoms with Crippen LogP contribution in [0.15, 0.2) is 11.1 Å². The van der Waals surface area contributed by atoms with Gasteiger partial charge in [0, 0.05) is 50.5 Å². The number of aliphatic hydroxyl groups is 1. The predicted octanol–water partition coefficient (Wildman–Crippen LogP) is 7.33. The summed E-state index contributed by atoms with van der Waals surface area (Å²) in [6, 6.07) is 0. The highest BCUT2D eigenvalue weighted by Gasteiger charge is 2.70. The highest BCUT2D eigenvalue weighted by Crippen LogP contribution is 2.77. The molecule has 6 aliphatic rings.